The summed E-state index contributed by atoms with van der Waals surface area (Å²) in [4.78, 5) is 16.9. The molecular formula is C32H24F4N2O4S. The molecule has 0 aliphatic heterocycles. The van der Waals surface area contributed by atoms with Crippen LogP contribution in [0, 0.1) is 11.3 Å². The van der Waals surface area contributed by atoms with Gasteiger partial charge < -0.3 is 14.2 Å². The molecule has 4 aromatic rings. The molecule has 11 heteroatoms. The summed E-state index contributed by atoms with van der Waals surface area (Å²) in [5, 5.41) is 10.1. The van der Waals surface area contributed by atoms with Crippen molar-refractivity contribution in [2.75, 3.05) is 14.2 Å². The molecule has 3 aromatic carbocycles. The Bertz CT molecular complexity index is 1670. The molecule has 0 spiro atoms. The number of nitriles is 1. The standard InChI is InChI=1S/C32H24F4N2O4S/c1-40-27-12-9-19(8-11-26(39)21-10-13-28(42-32(35)36)29(15-21)41-2)14-22(27)18-43-31-24(17-37)23(16-25(38-31)30(33)34)20-6-4-3-5-7-20/h3-16,30,32H,18H2,1-2H3/b11-8+. The molecule has 6 nitrogen and oxygen atoms in total. The number of methoxy groups -OCH3 is 2. The van der Waals surface area contributed by atoms with Crippen molar-refractivity contribution in [2.24, 2.45) is 0 Å². The molecule has 0 N–H and O–H groups in total. The number of carbonyl (C=O) groups excluding carboxylic acids is 1. The lowest BCUT2D eigenvalue weighted by atomic mass is 10.0. The van der Waals surface area contributed by atoms with Crippen LogP contribution < -0.4 is 14.2 Å². The zero-order valence-corrected chi connectivity index (χ0v) is 23.7. The number of hydrogen-bond donors (Lipinski definition) is 0. The lowest BCUT2D eigenvalue weighted by Crippen LogP contribution is -2.04. The fourth-order valence-electron chi connectivity index (χ4n) is 4.15. The number of allylic oxidation sites excluding steroid dienone is 1. The molecule has 0 aliphatic carbocycles. The molecule has 220 valence electrons. The zero-order chi connectivity index (χ0) is 30.9. The Labute approximate surface area is 249 Å². The quantitative estimate of drug-likeness (QED) is 0.0692. The Balaban J connectivity index is 1.59. The van der Waals surface area contributed by atoms with Crippen LogP contribution in [-0.4, -0.2) is 31.6 Å². The highest BCUT2D eigenvalue weighted by molar-refractivity contribution is 7.98. The molecule has 0 saturated heterocycles. The van der Waals surface area contributed by atoms with Crippen LogP contribution in [0.5, 0.6) is 17.2 Å². The van der Waals surface area contributed by atoms with Crippen molar-refractivity contribution < 1.29 is 36.6 Å². The third-order valence-corrected chi connectivity index (χ3v) is 7.21. The first kappa shape index (κ1) is 31.1. The van der Waals surface area contributed by atoms with Crippen molar-refractivity contribution in [1.82, 2.24) is 4.98 Å². The van der Waals surface area contributed by atoms with E-state index in [0.717, 1.165) is 11.8 Å². The van der Waals surface area contributed by atoms with E-state index in [1.165, 1.54) is 44.6 Å². The average Bonchev–Trinajstić information content (AvgIpc) is 3.02. The SMILES string of the molecule is COc1ccc(/C=C/C(=O)c2ccc(OC(F)F)c(OC)c2)cc1CSc1nc(C(F)F)cc(-c2ccccc2)c1C#N. The number of rotatable bonds is 12. The van der Waals surface area contributed by atoms with E-state index in [1.54, 1.807) is 54.6 Å². The van der Waals surface area contributed by atoms with Crippen LogP contribution in [0.1, 0.15) is 39.2 Å². The molecule has 0 bridgehead atoms. The molecule has 0 aliphatic rings. The van der Waals surface area contributed by atoms with Crippen molar-refractivity contribution in [2.45, 2.75) is 23.8 Å². The predicted molar refractivity (Wildman–Crippen MR) is 155 cm³/mol. The second kappa shape index (κ2) is 14.4. The Morgan fingerprint density at radius 3 is 2.33 bits per heavy atom. The molecule has 0 unspecified atom stereocenters. The Morgan fingerprint density at radius 1 is 0.953 bits per heavy atom. The Kier molecular flexibility index (Phi) is 10.4. The van der Waals surface area contributed by atoms with Crippen LogP contribution in [0.15, 0.2) is 83.9 Å². The number of carbonyl (C=O) groups is 1. The van der Waals surface area contributed by atoms with Crippen molar-refractivity contribution in [3.8, 4) is 34.4 Å². The fraction of sp³-hybridized carbons (Fsp3) is 0.156. The van der Waals surface area contributed by atoms with Gasteiger partial charge in [-0.2, -0.15) is 14.0 Å². The molecular weight excluding hydrogens is 584 g/mol. The van der Waals surface area contributed by atoms with Crippen molar-refractivity contribution in [3.63, 3.8) is 0 Å². The first-order chi connectivity index (χ1) is 20.7. The van der Waals surface area contributed by atoms with E-state index in [4.69, 9.17) is 9.47 Å². The van der Waals surface area contributed by atoms with Gasteiger partial charge in [0.15, 0.2) is 17.3 Å². The number of alkyl halides is 4. The van der Waals surface area contributed by atoms with Gasteiger partial charge in [-0.3, -0.25) is 4.79 Å². The molecule has 0 atom stereocenters. The third-order valence-electron chi connectivity index (χ3n) is 6.19. The summed E-state index contributed by atoms with van der Waals surface area (Å²) in [5.41, 5.74) is 2.23. The highest BCUT2D eigenvalue weighted by atomic mass is 32.2. The monoisotopic (exact) mass is 608 g/mol. The Hall–Kier alpha value is -4.82. The average molecular weight is 609 g/mol. The number of pyridine rings is 1. The summed E-state index contributed by atoms with van der Waals surface area (Å²) in [6.07, 6.45) is 0.0491. The van der Waals surface area contributed by atoms with Crippen molar-refractivity contribution in [1.29, 1.82) is 5.26 Å². The molecule has 1 aromatic heterocycles. The molecule has 4 rings (SSSR count). The second-order valence-electron chi connectivity index (χ2n) is 8.86. The van der Waals surface area contributed by atoms with Crippen LogP contribution in [-0.2, 0) is 5.75 Å². The molecule has 0 radical (unpaired) electrons. The van der Waals surface area contributed by atoms with E-state index in [2.05, 4.69) is 15.8 Å². The van der Waals surface area contributed by atoms with Gasteiger partial charge in [-0.05, 0) is 53.6 Å². The first-order valence-electron chi connectivity index (χ1n) is 12.7. The summed E-state index contributed by atoms with van der Waals surface area (Å²) in [5.74, 6) is 0.125. The third kappa shape index (κ3) is 7.72. The van der Waals surface area contributed by atoms with E-state index >= 15 is 0 Å². The molecule has 0 fully saturated rings. The van der Waals surface area contributed by atoms with Gasteiger partial charge in [-0.1, -0.05) is 42.5 Å². The number of nitrogens with zero attached hydrogens (tertiary/aromatic N) is 2. The van der Waals surface area contributed by atoms with Gasteiger partial charge >= 0.3 is 6.61 Å². The number of ketones is 1. The van der Waals surface area contributed by atoms with Crippen LogP contribution in [0.4, 0.5) is 17.6 Å². The van der Waals surface area contributed by atoms with E-state index < -0.39 is 24.5 Å². The van der Waals surface area contributed by atoms with Crippen LogP contribution in [0.2, 0.25) is 0 Å². The maximum Gasteiger partial charge on any atom is 0.387 e. The van der Waals surface area contributed by atoms with Gasteiger partial charge in [-0.25, -0.2) is 13.8 Å². The smallest absolute Gasteiger partial charge is 0.387 e. The van der Waals surface area contributed by atoms with Gasteiger partial charge in [0.2, 0.25) is 0 Å². The van der Waals surface area contributed by atoms with E-state index in [1.807, 2.05) is 0 Å². The fourth-order valence-corrected chi connectivity index (χ4v) is 5.14. The zero-order valence-electron chi connectivity index (χ0n) is 22.9. The van der Waals surface area contributed by atoms with E-state index in [0.29, 0.717) is 28.0 Å². The summed E-state index contributed by atoms with van der Waals surface area (Å²) in [6.45, 7) is -3.04. The van der Waals surface area contributed by atoms with Gasteiger partial charge in [-0.15, -0.1) is 11.8 Å². The lowest BCUT2D eigenvalue weighted by molar-refractivity contribution is -0.0512. The highest BCUT2D eigenvalue weighted by Gasteiger charge is 2.20. The van der Waals surface area contributed by atoms with Crippen molar-refractivity contribution >= 4 is 23.6 Å². The van der Waals surface area contributed by atoms with Gasteiger partial charge in [0.05, 0.1) is 19.8 Å². The molecule has 43 heavy (non-hydrogen) atoms. The largest absolute Gasteiger partial charge is 0.496 e. The normalized spacial score (nSPS) is 11.1. The molecule has 1 heterocycles. The van der Waals surface area contributed by atoms with Gasteiger partial charge in [0.1, 0.15) is 22.5 Å². The number of aromatic nitrogens is 1. The molecule has 0 amide bonds. The van der Waals surface area contributed by atoms with Crippen LogP contribution in [0.25, 0.3) is 17.2 Å². The highest BCUT2D eigenvalue weighted by Crippen LogP contribution is 2.36. The number of halogens is 4. The number of benzene rings is 3. The maximum absolute atomic E-state index is 13.7. The second-order valence-corrected chi connectivity index (χ2v) is 9.82. The number of ether oxygens (including phenoxy) is 3. The predicted octanol–water partition coefficient (Wildman–Crippen LogP) is 8.36. The van der Waals surface area contributed by atoms with E-state index in [-0.39, 0.29) is 33.4 Å². The molecule has 0 saturated carbocycles. The summed E-state index contributed by atoms with van der Waals surface area (Å²) in [7, 11) is 2.76. The lowest BCUT2D eigenvalue weighted by Gasteiger charge is -2.13. The summed E-state index contributed by atoms with van der Waals surface area (Å²) >= 11 is 1.12. The van der Waals surface area contributed by atoms with Crippen molar-refractivity contribution in [3.05, 3.63) is 107 Å². The van der Waals surface area contributed by atoms with Gasteiger partial charge in [0, 0.05) is 22.4 Å². The minimum absolute atomic E-state index is 0.0139. The van der Waals surface area contributed by atoms with Crippen LogP contribution in [0.3, 0.4) is 0 Å². The van der Waals surface area contributed by atoms with Crippen LogP contribution >= 0.6 is 11.8 Å². The summed E-state index contributed by atoms with van der Waals surface area (Å²) < 4.78 is 67.6. The maximum atomic E-state index is 13.7. The minimum atomic E-state index is -3.04. The topological polar surface area (TPSA) is 81.4 Å². The minimum Gasteiger partial charge on any atom is -0.496 e. The Morgan fingerprint density at radius 2 is 1.67 bits per heavy atom. The number of thioether (sulfide) groups is 1. The first-order valence-corrected chi connectivity index (χ1v) is 13.7. The van der Waals surface area contributed by atoms with Gasteiger partial charge in [0.25, 0.3) is 6.43 Å². The van der Waals surface area contributed by atoms with E-state index in [9.17, 15) is 27.6 Å². The summed E-state index contributed by atoms with van der Waals surface area (Å²) in [6, 6.07) is 21.2. The number of hydrogen-bond acceptors (Lipinski definition) is 7.